The summed E-state index contributed by atoms with van der Waals surface area (Å²) < 4.78 is 6.00. The summed E-state index contributed by atoms with van der Waals surface area (Å²) in [7, 11) is 1.61. The van der Waals surface area contributed by atoms with Gasteiger partial charge in [0.25, 0.3) is 0 Å². The van der Waals surface area contributed by atoms with Crippen LogP contribution in [-0.4, -0.2) is 64.1 Å². The molecule has 2 bridgehead atoms. The summed E-state index contributed by atoms with van der Waals surface area (Å²) in [5.74, 6) is -0.486. The summed E-state index contributed by atoms with van der Waals surface area (Å²) >= 11 is 0. The van der Waals surface area contributed by atoms with Crippen molar-refractivity contribution in [2.24, 2.45) is 34.0 Å². The first kappa shape index (κ1) is 26.4. The van der Waals surface area contributed by atoms with Gasteiger partial charge in [-0.25, -0.2) is 4.79 Å². The first-order valence-electron chi connectivity index (χ1n) is 13.3. The summed E-state index contributed by atoms with van der Waals surface area (Å²) in [6, 6.07) is 7.43. The summed E-state index contributed by atoms with van der Waals surface area (Å²) in [6.45, 7) is 11.9. The Hall–Kier alpha value is -2.19. The van der Waals surface area contributed by atoms with Crippen molar-refractivity contribution < 1.29 is 30.0 Å². The van der Waals surface area contributed by atoms with Crippen LogP contribution in [0.1, 0.15) is 46.6 Å². The predicted octanol–water partition coefficient (Wildman–Crippen LogP) is 3.59. The Balaban J connectivity index is 1.61. The number of carbonyl (C=O) groups is 1. The summed E-state index contributed by atoms with van der Waals surface area (Å²) in [5, 5.41) is 46.8. The van der Waals surface area contributed by atoms with Crippen LogP contribution in [0.15, 0.2) is 47.6 Å². The number of fused-ring (bicyclic) bond motifs is 3. The third-order valence-corrected chi connectivity index (χ3v) is 10.9. The highest BCUT2D eigenvalue weighted by Crippen LogP contribution is 2.79. The Bertz CT molecular complexity index is 1190. The van der Waals surface area contributed by atoms with Crippen molar-refractivity contribution in [2.75, 3.05) is 18.6 Å². The molecule has 4 aliphatic rings. The predicted molar refractivity (Wildman–Crippen MR) is 141 cm³/mol. The first-order valence-corrected chi connectivity index (χ1v) is 13.3. The van der Waals surface area contributed by atoms with Gasteiger partial charge in [0, 0.05) is 18.7 Å². The van der Waals surface area contributed by atoms with Gasteiger partial charge in [0.15, 0.2) is 6.10 Å². The van der Waals surface area contributed by atoms with E-state index in [0.717, 1.165) is 12.0 Å². The molecule has 0 saturated heterocycles. The maximum absolute atomic E-state index is 13.4. The number of hydrogen-bond donors (Lipinski definition) is 4. The molecule has 4 aliphatic carbocycles. The van der Waals surface area contributed by atoms with Gasteiger partial charge in [-0.05, 0) is 65.7 Å². The van der Waals surface area contributed by atoms with Crippen molar-refractivity contribution in [1.82, 2.24) is 0 Å². The second-order valence-corrected chi connectivity index (χ2v) is 12.8. The molecule has 0 aliphatic heterocycles. The molecule has 2 fully saturated rings. The van der Waals surface area contributed by atoms with E-state index in [2.05, 4.69) is 20.8 Å². The van der Waals surface area contributed by atoms with Crippen molar-refractivity contribution in [3.63, 3.8) is 0 Å². The SMILES string of the molecule is CC1=C[C@]23C(O)[C@@H](C=C(CO)[C@@H](O)[C@]2(O)[C@H]1OC(=O)N(C)c1ccccc1C)[C@@H]1C(C)(C)C1(C)C[C@H]3C. The van der Waals surface area contributed by atoms with E-state index >= 15 is 0 Å². The molecule has 0 radical (unpaired) electrons. The van der Waals surface area contributed by atoms with Gasteiger partial charge in [0.2, 0.25) is 0 Å². The zero-order valence-corrected chi connectivity index (χ0v) is 22.9. The number of nitrogens with zero attached hydrogens (tertiary/aromatic N) is 1. The van der Waals surface area contributed by atoms with Crippen LogP contribution in [0.2, 0.25) is 0 Å². The normalized spacial score (nSPS) is 43.4. The van der Waals surface area contributed by atoms with Crippen LogP contribution < -0.4 is 4.90 Å². The van der Waals surface area contributed by atoms with E-state index in [0.29, 0.717) is 11.3 Å². The number of aliphatic hydroxyl groups is 4. The number of para-hydroxylation sites is 1. The van der Waals surface area contributed by atoms with E-state index in [9.17, 15) is 25.2 Å². The highest BCUT2D eigenvalue weighted by molar-refractivity contribution is 5.88. The first-order chi connectivity index (χ1) is 17.2. The van der Waals surface area contributed by atoms with E-state index < -0.39 is 42.0 Å². The molecule has 2 unspecified atom stereocenters. The maximum atomic E-state index is 13.4. The highest BCUT2D eigenvalue weighted by atomic mass is 16.6. The highest BCUT2D eigenvalue weighted by Gasteiger charge is 2.79. The standard InChI is InChI=1S/C30H41NO6/c1-16-10-8-9-11-21(16)31(7)26(35)37-25-17(2)13-29-18(3)14-28(6)22(27(28,4)5)20(24(29)34)12-19(15-32)23(33)30(25,29)36/h8-13,18,20,22-25,32-34,36H,14-15H2,1-7H3/t18-,20+,22-,23-,24?,25+,28?,29+,30+/m1/s1. The van der Waals surface area contributed by atoms with Gasteiger partial charge >= 0.3 is 6.09 Å². The number of amides is 1. The maximum Gasteiger partial charge on any atom is 0.414 e. The van der Waals surface area contributed by atoms with Gasteiger partial charge in [0.1, 0.15) is 11.7 Å². The zero-order valence-electron chi connectivity index (χ0n) is 22.9. The van der Waals surface area contributed by atoms with E-state index in [1.807, 2.05) is 44.2 Å². The van der Waals surface area contributed by atoms with Crippen LogP contribution in [0.3, 0.4) is 0 Å². The fourth-order valence-electron chi connectivity index (χ4n) is 8.74. The third kappa shape index (κ3) is 3.11. The van der Waals surface area contributed by atoms with Gasteiger partial charge in [-0.1, -0.05) is 58.0 Å². The van der Waals surface area contributed by atoms with Crippen molar-refractivity contribution in [2.45, 2.75) is 71.9 Å². The minimum absolute atomic E-state index is 0.0432. The topological polar surface area (TPSA) is 110 Å². The molecule has 2 saturated carbocycles. The molecule has 1 aromatic rings. The molecule has 5 rings (SSSR count). The summed E-state index contributed by atoms with van der Waals surface area (Å²) in [4.78, 5) is 14.8. The fraction of sp³-hybridized carbons (Fsp3) is 0.633. The number of benzene rings is 1. The van der Waals surface area contributed by atoms with Crippen molar-refractivity contribution in [3.8, 4) is 0 Å². The summed E-state index contributed by atoms with van der Waals surface area (Å²) in [5.41, 5.74) is -1.06. The second kappa shape index (κ2) is 8.15. The number of anilines is 1. The molecule has 9 atom stereocenters. The van der Waals surface area contributed by atoms with Crippen LogP contribution >= 0.6 is 0 Å². The molecule has 0 aromatic heterocycles. The molecular weight excluding hydrogens is 470 g/mol. The monoisotopic (exact) mass is 511 g/mol. The molecule has 1 spiro atoms. The minimum Gasteiger partial charge on any atom is -0.438 e. The lowest BCUT2D eigenvalue weighted by Crippen LogP contribution is -2.67. The summed E-state index contributed by atoms with van der Waals surface area (Å²) in [6.07, 6.45) is -0.0735. The molecule has 7 nitrogen and oxygen atoms in total. The van der Waals surface area contributed by atoms with Gasteiger partial charge in [-0.15, -0.1) is 0 Å². The third-order valence-electron chi connectivity index (χ3n) is 10.9. The largest absolute Gasteiger partial charge is 0.438 e. The van der Waals surface area contributed by atoms with Crippen LogP contribution in [0.25, 0.3) is 0 Å². The number of aliphatic hydroxyl groups excluding tert-OH is 3. The average Bonchev–Trinajstić information content (AvgIpc) is 3.21. The Labute approximate surface area is 219 Å². The smallest absolute Gasteiger partial charge is 0.414 e. The number of ether oxygens (including phenoxy) is 1. The van der Waals surface area contributed by atoms with Crippen LogP contribution in [0.4, 0.5) is 10.5 Å². The molecule has 37 heavy (non-hydrogen) atoms. The van der Waals surface area contributed by atoms with Crippen molar-refractivity contribution in [3.05, 3.63) is 53.1 Å². The van der Waals surface area contributed by atoms with E-state index in [4.69, 9.17) is 4.74 Å². The minimum atomic E-state index is -2.06. The fourth-order valence-corrected chi connectivity index (χ4v) is 8.74. The Morgan fingerprint density at radius 3 is 2.43 bits per heavy atom. The molecule has 1 aromatic carbocycles. The number of aryl methyl sites for hydroxylation is 1. The number of hydrogen-bond acceptors (Lipinski definition) is 6. The Kier molecular flexibility index (Phi) is 5.82. The lowest BCUT2D eigenvalue weighted by Gasteiger charge is -2.52. The Morgan fingerprint density at radius 2 is 1.81 bits per heavy atom. The average molecular weight is 512 g/mol. The molecule has 7 heteroatoms. The van der Waals surface area contributed by atoms with Crippen LogP contribution in [0, 0.1) is 40.9 Å². The molecule has 202 valence electrons. The van der Waals surface area contributed by atoms with E-state index in [1.165, 1.54) is 4.90 Å². The van der Waals surface area contributed by atoms with Gasteiger partial charge in [-0.2, -0.15) is 0 Å². The van der Waals surface area contributed by atoms with Gasteiger partial charge < -0.3 is 25.2 Å². The van der Waals surface area contributed by atoms with Crippen LogP contribution in [0.5, 0.6) is 0 Å². The lowest BCUT2D eigenvalue weighted by atomic mass is 9.57. The van der Waals surface area contributed by atoms with Crippen molar-refractivity contribution >= 4 is 11.8 Å². The molecular formula is C30H41NO6. The molecule has 4 N–H and O–H groups in total. The number of carbonyl (C=O) groups excluding carboxylic acids is 1. The van der Waals surface area contributed by atoms with Crippen molar-refractivity contribution in [1.29, 1.82) is 0 Å². The zero-order chi connectivity index (χ0) is 27.3. The Morgan fingerprint density at radius 1 is 1.16 bits per heavy atom. The van der Waals surface area contributed by atoms with E-state index in [1.54, 1.807) is 20.0 Å². The van der Waals surface area contributed by atoms with E-state index in [-0.39, 0.29) is 34.2 Å². The van der Waals surface area contributed by atoms with Gasteiger partial charge in [0.05, 0.1) is 18.1 Å². The molecule has 1 amide bonds. The van der Waals surface area contributed by atoms with Gasteiger partial charge in [-0.3, -0.25) is 4.90 Å². The second-order valence-electron chi connectivity index (χ2n) is 12.8. The van der Waals surface area contributed by atoms with Crippen LogP contribution in [-0.2, 0) is 4.74 Å². The quantitative estimate of drug-likeness (QED) is 0.462. The number of rotatable bonds is 3. The lowest BCUT2D eigenvalue weighted by molar-refractivity contribution is -0.215. The molecule has 0 heterocycles.